The van der Waals surface area contributed by atoms with Gasteiger partial charge in [-0.05, 0) is 19.1 Å². The van der Waals surface area contributed by atoms with Crippen LogP contribution in [0.15, 0.2) is 38.3 Å². The summed E-state index contributed by atoms with van der Waals surface area (Å²) in [6.45, 7) is 1.38. The molecule has 0 amide bonds. The van der Waals surface area contributed by atoms with Gasteiger partial charge in [0.15, 0.2) is 0 Å². The third-order valence-corrected chi connectivity index (χ3v) is 2.37. The minimum absolute atomic E-state index is 0.187. The molecule has 2 aromatic rings. The average Bonchev–Trinajstić information content (AvgIpc) is 2.35. The number of carbonyl (C=O) groups excluding carboxylic acids is 1. The van der Waals surface area contributed by atoms with Gasteiger partial charge in [-0.3, -0.25) is 9.59 Å². The lowest BCUT2D eigenvalue weighted by Gasteiger charge is -2.04. The minimum Gasteiger partial charge on any atom is -0.465 e. The van der Waals surface area contributed by atoms with Gasteiger partial charge in [0.05, 0.1) is 12.0 Å². The molecule has 1 aromatic heterocycles. The van der Waals surface area contributed by atoms with Crippen molar-refractivity contribution in [3.63, 3.8) is 0 Å². The molecule has 6 heteroatoms. The maximum atomic E-state index is 12.0. The third kappa shape index (κ3) is 2.17. The molecular formula is C12H11NO5. The van der Waals surface area contributed by atoms with E-state index in [4.69, 9.17) is 4.42 Å². The summed E-state index contributed by atoms with van der Waals surface area (Å²) in [6.07, 6.45) is 0. The Kier molecular flexibility index (Phi) is 3.27. The Morgan fingerprint density at radius 2 is 2.06 bits per heavy atom. The molecule has 0 spiro atoms. The van der Waals surface area contributed by atoms with Crippen LogP contribution in [-0.4, -0.2) is 17.1 Å². The zero-order valence-electron chi connectivity index (χ0n) is 9.71. The van der Waals surface area contributed by atoms with Gasteiger partial charge in [-0.2, -0.15) is 0 Å². The van der Waals surface area contributed by atoms with Gasteiger partial charge >= 0.3 is 11.7 Å². The van der Waals surface area contributed by atoms with Crippen molar-refractivity contribution in [2.45, 2.75) is 13.5 Å². The first-order valence-corrected chi connectivity index (χ1v) is 5.41. The molecule has 0 aliphatic rings. The number of para-hydroxylation sites is 1. The lowest BCUT2D eigenvalue weighted by molar-refractivity contribution is -0.144. The minimum atomic E-state index is -0.869. The maximum absolute atomic E-state index is 12.0. The highest BCUT2D eigenvalue weighted by Gasteiger charge is 2.12. The van der Waals surface area contributed by atoms with Crippen LogP contribution in [0.4, 0.5) is 0 Å². The number of esters is 1. The van der Waals surface area contributed by atoms with E-state index >= 15 is 0 Å². The zero-order chi connectivity index (χ0) is 13.1. The first-order valence-electron chi connectivity index (χ1n) is 5.41. The maximum Gasteiger partial charge on any atom is 0.422 e. The molecule has 0 bridgehead atoms. The van der Waals surface area contributed by atoms with Crippen molar-refractivity contribution in [2.24, 2.45) is 0 Å². The molecule has 0 N–H and O–H groups in total. The van der Waals surface area contributed by atoms with Crippen molar-refractivity contribution >= 4 is 16.9 Å². The quantitative estimate of drug-likeness (QED) is 0.741. The van der Waals surface area contributed by atoms with Gasteiger partial charge in [0.2, 0.25) is 0 Å². The molecule has 0 fully saturated rings. The van der Waals surface area contributed by atoms with Crippen molar-refractivity contribution < 1.29 is 13.9 Å². The SMILES string of the molecule is CCOC(=O)Cn1c(=O)oc2ccccc2c1=O. The second kappa shape index (κ2) is 4.87. The fraction of sp³-hybridized carbons (Fsp3) is 0.250. The van der Waals surface area contributed by atoms with E-state index < -0.39 is 23.8 Å². The summed E-state index contributed by atoms with van der Waals surface area (Å²) in [7, 11) is 0. The topological polar surface area (TPSA) is 78.5 Å². The Balaban J connectivity index is 2.55. The Morgan fingerprint density at radius 1 is 1.33 bits per heavy atom. The summed E-state index contributed by atoms with van der Waals surface area (Å²) in [5.41, 5.74) is -0.359. The Morgan fingerprint density at radius 3 is 2.78 bits per heavy atom. The molecule has 2 rings (SSSR count). The highest BCUT2D eigenvalue weighted by molar-refractivity contribution is 5.75. The number of hydrogen-bond acceptors (Lipinski definition) is 5. The molecule has 0 unspecified atom stereocenters. The number of aromatic nitrogens is 1. The van der Waals surface area contributed by atoms with Crippen LogP contribution in [0.25, 0.3) is 11.0 Å². The van der Waals surface area contributed by atoms with Gasteiger partial charge < -0.3 is 9.15 Å². The van der Waals surface area contributed by atoms with Crippen LogP contribution < -0.4 is 11.3 Å². The van der Waals surface area contributed by atoms with Crippen LogP contribution in [-0.2, 0) is 16.1 Å². The Labute approximate surface area is 101 Å². The molecule has 0 aliphatic carbocycles. The van der Waals surface area contributed by atoms with E-state index in [1.807, 2.05) is 0 Å². The van der Waals surface area contributed by atoms with Gasteiger partial charge in [0.1, 0.15) is 12.1 Å². The Bertz CT molecular complexity index is 697. The number of rotatable bonds is 3. The van der Waals surface area contributed by atoms with Gasteiger partial charge in [-0.25, -0.2) is 9.36 Å². The largest absolute Gasteiger partial charge is 0.465 e. The highest BCUT2D eigenvalue weighted by atomic mass is 16.5. The molecule has 0 saturated carbocycles. The number of benzene rings is 1. The number of carbonyl (C=O) groups is 1. The van der Waals surface area contributed by atoms with E-state index in [-0.39, 0.29) is 17.6 Å². The van der Waals surface area contributed by atoms with Crippen molar-refractivity contribution in [1.82, 2.24) is 4.57 Å². The fourth-order valence-electron chi connectivity index (χ4n) is 1.58. The predicted molar refractivity (Wildman–Crippen MR) is 63.4 cm³/mol. The summed E-state index contributed by atoms with van der Waals surface area (Å²) in [5, 5.41) is 0.251. The summed E-state index contributed by atoms with van der Waals surface area (Å²) in [5.74, 6) is -1.52. The van der Waals surface area contributed by atoms with Crippen LogP contribution in [0.3, 0.4) is 0 Å². The number of hydrogen-bond donors (Lipinski definition) is 0. The molecule has 1 heterocycles. The van der Waals surface area contributed by atoms with Gasteiger partial charge in [-0.1, -0.05) is 12.1 Å². The molecule has 6 nitrogen and oxygen atoms in total. The number of nitrogens with zero attached hydrogens (tertiary/aromatic N) is 1. The third-order valence-electron chi connectivity index (χ3n) is 2.37. The second-order valence-corrected chi connectivity index (χ2v) is 3.56. The van der Waals surface area contributed by atoms with Crippen LogP contribution in [0, 0.1) is 0 Å². The van der Waals surface area contributed by atoms with E-state index in [0.717, 1.165) is 4.57 Å². The number of fused-ring (bicyclic) bond motifs is 1. The van der Waals surface area contributed by atoms with Crippen molar-refractivity contribution in [1.29, 1.82) is 0 Å². The molecule has 1 aromatic carbocycles. The second-order valence-electron chi connectivity index (χ2n) is 3.56. The van der Waals surface area contributed by atoms with Crippen LogP contribution in [0.5, 0.6) is 0 Å². The lowest BCUT2D eigenvalue weighted by Crippen LogP contribution is -2.35. The van der Waals surface area contributed by atoms with Gasteiger partial charge in [0, 0.05) is 0 Å². The molecule has 0 radical (unpaired) electrons. The summed E-state index contributed by atoms with van der Waals surface area (Å²) < 4.78 is 10.4. The number of ether oxygens (including phenoxy) is 1. The van der Waals surface area contributed by atoms with Crippen molar-refractivity contribution in [3.05, 3.63) is 45.2 Å². The van der Waals surface area contributed by atoms with Crippen LogP contribution in [0.2, 0.25) is 0 Å². The Hall–Kier alpha value is -2.37. The van der Waals surface area contributed by atoms with Crippen molar-refractivity contribution in [3.8, 4) is 0 Å². The van der Waals surface area contributed by atoms with E-state index in [9.17, 15) is 14.4 Å². The smallest absolute Gasteiger partial charge is 0.422 e. The molecule has 18 heavy (non-hydrogen) atoms. The van der Waals surface area contributed by atoms with E-state index in [1.165, 1.54) is 12.1 Å². The fourth-order valence-corrected chi connectivity index (χ4v) is 1.58. The highest BCUT2D eigenvalue weighted by Crippen LogP contribution is 2.05. The van der Waals surface area contributed by atoms with E-state index in [0.29, 0.717) is 0 Å². The molecular weight excluding hydrogens is 238 g/mol. The molecule has 0 aliphatic heterocycles. The summed E-state index contributed by atoms with van der Waals surface area (Å²) in [4.78, 5) is 34.9. The summed E-state index contributed by atoms with van der Waals surface area (Å²) in [6, 6.07) is 6.36. The normalized spacial score (nSPS) is 10.5. The predicted octanol–water partition coefficient (Wildman–Crippen LogP) is 0.518. The zero-order valence-corrected chi connectivity index (χ0v) is 9.71. The van der Waals surface area contributed by atoms with Crippen LogP contribution in [0.1, 0.15) is 6.92 Å². The van der Waals surface area contributed by atoms with E-state index in [1.54, 1.807) is 19.1 Å². The monoisotopic (exact) mass is 249 g/mol. The lowest BCUT2D eigenvalue weighted by atomic mass is 10.2. The van der Waals surface area contributed by atoms with Crippen LogP contribution >= 0.6 is 0 Å². The standard InChI is InChI=1S/C12H11NO5/c1-2-17-10(14)7-13-11(15)8-5-3-4-6-9(8)18-12(13)16/h3-6H,2,7H2,1H3. The van der Waals surface area contributed by atoms with Gasteiger partial charge in [-0.15, -0.1) is 0 Å². The van der Waals surface area contributed by atoms with Crippen molar-refractivity contribution in [2.75, 3.05) is 6.61 Å². The first kappa shape index (κ1) is 12.1. The van der Waals surface area contributed by atoms with E-state index in [2.05, 4.69) is 4.74 Å². The summed E-state index contributed by atoms with van der Waals surface area (Å²) >= 11 is 0. The first-order chi connectivity index (χ1) is 8.63. The average molecular weight is 249 g/mol. The molecule has 0 atom stereocenters. The molecule has 94 valence electrons. The van der Waals surface area contributed by atoms with Gasteiger partial charge in [0.25, 0.3) is 5.56 Å². The molecule has 0 saturated heterocycles.